The van der Waals surface area contributed by atoms with Crippen molar-refractivity contribution in [3.05, 3.63) is 87.0 Å². The van der Waals surface area contributed by atoms with Crippen molar-refractivity contribution < 1.29 is 0 Å². The zero-order valence-electron chi connectivity index (χ0n) is 12.9. The molecule has 5 nitrogen and oxygen atoms in total. The molecule has 0 aliphatic heterocycles. The number of halogens is 2. The summed E-state index contributed by atoms with van der Waals surface area (Å²) in [5, 5.41) is 6.02. The highest BCUT2D eigenvalue weighted by Gasteiger charge is 2.11. The highest BCUT2D eigenvalue weighted by molar-refractivity contribution is 6.30. The molecule has 0 unspecified atom stereocenters. The average Bonchev–Trinajstić information content (AvgIpc) is 3.03. The van der Waals surface area contributed by atoms with Crippen molar-refractivity contribution in [2.24, 2.45) is 0 Å². The van der Waals surface area contributed by atoms with Gasteiger partial charge in [-0.25, -0.2) is 9.67 Å². The van der Waals surface area contributed by atoms with E-state index in [9.17, 15) is 4.79 Å². The number of rotatable bonds is 3. The average molecular weight is 371 g/mol. The predicted octanol–water partition coefficient (Wildman–Crippen LogP) is 3.94. The minimum atomic E-state index is -0.148. The molecule has 2 aromatic carbocycles. The van der Waals surface area contributed by atoms with E-state index >= 15 is 0 Å². The van der Waals surface area contributed by atoms with Gasteiger partial charge in [-0.2, -0.15) is 5.10 Å². The van der Waals surface area contributed by atoms with Crippen LogP contribution in [-0.4, -0.2) is 19.3 Å². The molecule has 0 amide bonds. The van der Waals surface area contributed by atoms with Crippen LogP contribution in [0.25, 0.3) is 16.7 Å². The van der Waals surface area contributed by atoms with Gasteiger partial charge < -0.3 is 0 Å². The number of hydrogen-bond acceptors (Lipinski definition) is 3. The van der Waals surface area contributed by atoms with Gasteiger partial charge in [0.15, 0.2) is 5.65 Å². The maximum absolute atomic E-state index is 12.7. The van der Waals surface area contributed by atoms with Crippen LogP contribution in [0.4, 0.5) is 0 Å². The van der Waals surface area contributed by atoms with Gasteiger partial charge in [0.1, 0.15) is 11.7 Å². The lowest BCUT2D eigenvalue weighted by Gasteiger charge is -2.07. The minimum Gasteiger partial charge on any atom is -0.294 e. The second-order valence-corrected chi connectivity index (χ2v) is 6.45. The van der Waals surface area contributed by atoms with Gasteiger partial charge in [-0.05, 0) is 42.0 Å². The first kappa shape index (κ1) is 15.9. The number of aromatic nitrogens is 4. The van der Waals surface area contributed by atoms with Gasteiger partial charge in [0.05, 0.1) is 18.4 Å². The monoisotopic (exact) mass is 370 g/mol. The Kier molecular flexibility index (Phi) is 4.03. The molecule has 0 radical (unpaired) electrons. The van der Waals surface area contributed by atoms with Crippen molar-refractivity contribution in [1.82, 2.24) is 19.3 Å². The molecule has 25 heavy (non-hydrogen) atoms. The van der Waals surface area contributed by atoms with E-state index < -0.39 is 0 Å². The van der Waals surface area contributed by atoms with Crippen LogP contribution >= 0.6 is 23.2 Å². The quantitative estimate of drug-likeness (QED) is 0.548. The molecule has 7 heteroatoms. The lowest BCUT2D eigenvalue weighted by Crippen LogP contribution is -2.21. The molecule has 2 aromatic heterocycles. The highest BCUT2D eigenvalue weighted by Crippen LogP contribution is 2.17. The van der Waals surface area contributed by atoms with Crippen LogP contribution in [0.3, 0.4) is 0 Å². The van der Waals surface area contributed by atoms with Crippen LogP contribution < -0.4 is 5.56 Å². The number of nitrogens with zero attached hydrogens (tertiary/aromatic N) is 4. The number of hydrogen-bond donors (Lipinski definition) is 0. The van der Waals surface area contributed by atoms with Gasteiger partial charge in [-0.1, -0.05) is 35.3 Å². The fourth-order valence-electron chi connectivity index (χ4n) is 2.66. The fourth-order valence-corrected chi connectivity index (χ4v) is 3.00. The zero-order valence-corrected chi connectivity index (χ0v) is 14.4. The Morgan fingerprint density at radius 3 is 2.56 bits per heavy atom. The summed E-state index contributed by atoms with van der Waals surface area (Å²) in [6.07, 6.45) is 3.06. The Morgan fingerprint density at radius 2 is 1.80 bits per heavy atom. The summed E-state index contributed by atoms with van der Waals surface area (Å²) in [7, 11) is 0. The van der Waals surface area contributed by atoms with E-state index in [1.807, 2.05) is 30.3 Å². The zero-order chi connectivity index (χ0) is 17.4. The molecule has 4 rings (SSSR count). The molecule has 4 aromatic rings. The summed E-state index contributed by atoms with van der Waals surface area (Å²) < 4.78 is 3.17. The van der Waals surface area contributed by atoms with E-state index in [1.54, 1.807) is 27.4 Å². The highest BCUT2D eigenvalue weighted by atomic mass is 35.5. The Bertz CT molecular complexity index is 1120. The third-order valence-electron chi connectivity index (χ3n) is 3.87. The largest absolute Gasteiger partial charge is 0.294 e. The molecule has 0 spiro atoms. The lowest BCUT2D eigenvalue weighted by molar-refractivity contribution is 0.745. The lowest BCUT2D eigenvalue weighted by atomic mass is 10.2. The van der Waals surface area contributed by atoms with Crippen molar-refractivity contribution in [1.29, 1.82) is 0 Å². The first-order valence-electron chi connectivity index (χ1n) is 7.55. The summed E-state index contributed by atoms with van der Waals surface area (Å²) >= 11 is 11.9. The number of fused-ring (bicyclic) bond motifs is 1. The Balaban J connectivity index is 1.77. The SMILES string of the molecule is O=c1c2cnn(-c3ccc(Cl)cc3)c2ncn1Cc1cccc(Cl)c1. The standard InChI is InChI=1S/C18H12Cl2N4O/c19-13-4-6-15(7-5-13)24-17-16(9-22-24)18(25)23(11-21-17)10-12-2-1-3-14(20)8-12/h1-9,11H,10H2. The van der Waals surface area contributed by atoms with E-state index in [2.05, 4.69) is 10.1 Å². The van der Waals surface area contributed by atoms with Gasteiger partial charge in [-0.15, -0.1) is 0 Å². The first-order valence-corrected chi connectivity index (χ1v) is 8.31. The molecule has 0 bridgehead atoms. The second-order valence-electron chi connectivity index (χ2n) is 5.58. The van der Waals surface area contributed by atoms with Crippen molar-refractivity contribution in [3.63, 3.8) is 0 Å². The molecule has 0 aliphatic rings. The van der Waals surface area contributed by atoms with Crippen molar-refractivity contribution in [2.45, 2.75) is 6.54 Å². The molecule has 0 N–H and O–H groups in total. The fraction of sp³-hybridized carbons (Fsp3) is 0.0556. The summed E-state index contributed by atoms with van der Waals surface area (Å²) in [5.41, 5.74) is 2.08. The van der Waals surface area contributed by atoms with Gasteiger partial charge in [0, 0.05) is 10.0 Å². The molecule has 2 heterocycles. The third-order valence-corrected chi connectivity index (χ3v) is 4.35. The topological polar surface area (TPSA) is 52.7 Å². The van der Waals surface area contributed by atoms with E-state index in [1.165, 1.54) is 12.5 Å². The minimum absolute atomic E-state index is 0.148. The summed E-state index contributed by atoms with van der Waals surface area (Å²) in [4.78, 5) is 17.1. The Labute approximate surface area is 153 Å². The van der Waals surface area contributed by atoms with Crippen molar-refractivity contribution in [3.8, 4) is 5.69 Å². The van der Waals surface area contributed by atoms with Crippen LogP contribution in [-0.2, 0) is 6.54 Å². The maximum atomic E-state index is 12.7. The van der Waals surface area contributed by atoms with Gasteiger partial charge in [-0.3, -0.25) is 9.36 Å². The van der Waals surface area contributed by atoms with Crippen LogP contribution in [0.5, 0.6) is 0 Å². The van der Waals surface area contributed by atoms with Gasteiger partial charge in [0.2, 0.25) is 0 Å². The Hall–Kier alpha value is -2.63. The van der Waals surface area contributed by atoms with Crippen LogP contribution in [0.1, 0.15) is 5.56 Å². The first-order chi connectivity index (χ1) is 12.1. The molecule has 0 saturated carbocycles. The van der Waals surface area contributed by atoms with Crippen LogP contribution in [0, 0.1) is 0 Å². The second kappa shape index (κ2) is 6.35. The Morgan fingerprint density at radius 1 is 1.00 bits per heavy atom. The van der Waals surface area contributed by atoms with Crippen LogP contribution in [0.2, 0.25) is 10.0 Å². The molecule has 124 valence electrons. The molecule has 0 atom stereocenters. The summed E-state index contributed by atoms with van der Waals surface area (Å²) in [6, 6.07) is 14.6. The van der Waals surface area contributed by atoms with Crippen molar-refractivity contribution in [2.75, 3.05) is 0 Å². The third kappa shape index (κ3) is 3.04. The van der Waals surface area contributed by atoms with Crippen LogP contribution in [0.15, 0.2) is 65.8 Å². The molecular formula is C18H12Cl2N4O. The van der Waals surface area contributed by atoms with E-state index in [0.717, 1.165) is 11.3 Å². The predicted molar refractivity (Wildman–Crippen MR) is 98.7 cm³/mol. The van der Waals surface area contributed by atoms with E-state index in [4.69, 9.17) is 23.2 Å². The summed E-state index contributed by atoms with van der Waals surface area (Å²) in [5.74, 6) is 0. The number of benzene rings is 2. The molecular weight excluding hydrogens is 359 g/mol. The summed E-state index contributed by atoms with van der Waals surface area (Å²) in [6.45, 7) is 0.397. The molecule has 0 saturated heterocycles. The molecule has 0 fully saturated rings. The maximum Gasteiger partial charge on any atom is 0.264 e. The smallest absolute Gasteiger partial charge is 0.264 e. The normalized spacial score (nSPS) is 11.1. The van der Waals surface area contributed by atoms with Gasteiger partial charge >= 0.3 is 0 Å². The van der Waals surface area contributed by atoms with E-state index in [0.29, 0.717) is 27.6 Å². The van der Waals surface area contributed by atoms with E-state index in [-0.39, 0.29) is 5.56 Å². The molecule has 0 aliphatic carbocycles. The van der Waals surface area contributed by atoms with Gasteiger partial charge in [0.25, 0.3) is 5.56 Å². The van der Waals surface area contributed by atoms with Crippen molar-refractivity contribution >= 4 is 34.2 Å².